The van der Waals surface area contributed by atoms with Crippen molar-refractivity contribution in [1.82, 2.24) is 24.2 Å². The number of hydrogen-bond donors (Lipinski definition) is 0. The Labute approximate surface area is 131 Å². The molecule has 0 atom stereocenters. The predicted octanol–water partition coefficient (Wildman–Crippen LogP) is 2.45. The van der Waals surface area contributed by atoms with Crippen LogP contribution in [0.2, 0.25) is 0 Å². The van der Waals surface area contributed by atoms with Crippen molar-refractivity contribution < 1.29 is 0 Å². The number of aromatic nitrogens is 4. The number of rotatable bonds is 7. The third-order valence-corrected chi connectivity index (χ3v) is 4.27. The molecule has 0 saturated heterocycles. The van der Waals surface area contributed by atoms with Crippen LogP contribution in [-0.4, -0.2) is 49.7 Å². The van der Waals surface area contributed by atoms with Crippen LogP contribution < -0.4 is 0 Å². The lowest BCUT2D eigenvalue weighted by atomic mass is 10.3. The second kappa shape index (κ2) is 6.79. The van der Waals surface area contributed by atoms with Gasteiger partial charge in [-0.25, -0.2) is 4.98 Å². The van der Waals surface area contributed by atoms with Crippen molar-refractivity contribution in [3.8, 4) is 0 Å². The van der Waals surface area contributed by atoms with Crippen molar-refractivity contribution in [3.05, 3.63) is 11.5 Å². The van der Waals surface area contributed by atoms with Crippen LogP contribution in [0.3, 0.4) is 0 Å². The zero-order valence-corrected chi connectivity index (χ0v) is 14.5. The number of hydrogen-bond acceptors (Lipinski definition) is 3. The Balaban J connectivity index is 2.38. The molecule has 0 aliphatic carbocycles. The molecule has 0 amide bonds. The molecule has 0 unspecified atom stereocenters. The summed E-state index contributed by atoms with van der Waals surface area (Å²) in [7, 11) is 4.15. The van der Waals surface area contributed by atoms with Gasteiger partial charge in [0.15, 0.2) is 5.65 Å². The Morgan fingerprint density at radius 1 is 1.33 bits per heavy atom. The van der Waals surface area contributed by atoms with Crippen molar-refractivity contribution in [2.24, 2.45) is 7.05 Å². The first-order valence-electron chi connectivity index (χ1n) is 7.66. The maximum Gasteiger partial charge on any atom is 0.158 e. The minimum atomic E-state index is 0.540. The summed E-state index contributed by atoms with van der Waals surface area (Å²) in [5.74, 6) is 1.66. The molecule has 2 rings (SSSR count). The van der Waals surface area contributed by atoms with E-state index in [1.807, 2.05) is 11.7 Å². The van der Waals surface area contributed by atoms with Crippen LogP contribution in [0.4, 0.5) is 0 Å². The summed E-state index contributed by atoms with van der Waals surface area (Å²) >= 11 is 5.94. The topological polar surface area (TPSA) is 38.9 Å². The molecule has 6 heteroatoms. The van der Waals surface area contributed by atoms with E-state index in [1.165, 1.54) is 0 Å². The molecule has 0 bridgehead atoms. The summed E-state index contributed by atoms with van der Waals surface area (Å²) in [4.78, 5) is 7.13. The molecular weight excluding hydrogens is 286 g/mol. The van der Waals surface area contributed by atoms with Gasteiger partial charge in [0.2, 0.25) is 0 Å². The van der Waals surface area contributed by atoms with E-state index in [1.54, 1.807) is 0 Å². The number of alkyl halides is 1. The van der Waals surface area contributed by atoms with Crippen molar-refractivity contribution in [3.63, 3.8) is 0 Å². The van der Waals surface area contributed by atoms with Gasteiger partial charge in [0, 0.05) is 38.5 Å². The van der Waals surface area contributed by atoms with Crippen molar-refractivity contribution in [1.29, 1.82) is 0 Å². The summed E-state index contributed by atoms with van der Waals surface area (Å²) in [6, 6.07) is 0.540. The summed E-state index contributed by atoms with van der Waals surface area (Å²) in [6.07, 6.45) is 1.70. The van der Waals surface area contributed by atoms with Gasteiger partial charge in [-0.05, 0) is 27.3 Å². The fourth-order valence-corrected chi connectivity index (χ4v) is 2.72. The zero-order valence-electron chi connectivity index (χ0n) is 13.7. The molecular formula is C15H26ClN5. The largest absolute Gasteiger partial charge is 0.312 e. The predicted molar refractivity (Wildman–Crippen MR) is 88.1 cm³/mol. The minimum Gasteiger partial charge on any atom is -0.312 e. The molecule has 118 valence electrons. The number of imidazole rings is 1. The summed E-state index contributed by atoms with van der Waals surface area (Å²) < 4.78 is 4.23. The van der Waals surface area contributed by atoms with Crippen LogP contribution >= 0.6 is 11.6 Å². The van der Waals surface area contributed by atoms with Crippen LogP contribution in [0, 0.1) is 0 Å². The van der Waals surface area contributed by atoms with Gasteiger partial charge in [-0.2, -0.15) is 5.10 Å². The van der Waals surface area contributed by atoms with Crippen LogP contribution in [0.25, 0.3) is 11.2 Å². The molecule has 0 aliphatic heterocycles. The van der Waals surface area contributed by atoms with Gasteiger partial charge in [-0.15, -0.1) is 11.6 Å². The highest BCUT2D eigenvalue weighted by atomic mass is 35.5. The Hall–Kier alpha value is -1.07. The van der Waals surface area contributed by atoms with Gasteiger partial charge in [0.1, 0.15) is 11.3 Å². The van der Waals surface area contributed by atoms with E-state index in [4.69, 9.17) is 16.6 Å². The first-order chi connectivity index (χ1) is 9.99. The smallest absolute Gasteiger partial charge is 0.158 e. The highest BCUT2D eigenvalue weighted by Crippen LogP contribution is 2.20. The van der Waals surface area contributed by atoms with Gasteiger partial charge in [-0.3, -0.25) is 4.68 Å². The Bertz CT molecular complexity index is 599. The quantitative estimate of drug-likeness (QED) is 0.737. The molecule has 21 heavy (non-hydrogen) atoms. The molecule has 0 radical (unpaired) electrons. The van der Waals surface area contributed by atoms with E-state index < -0.39 is 0 Å². The third kappa shape index (κ3) is 3.24. The first-order valence-corrected chi connectivity index (χ1v) is 8.20. The molecule has 2 heterocycles. The standard InChI is InChI=1S/C15H26ClN5/c1-6-12-14-15(20(5)18-12)21(13(17-14)7-8-16)10-9-19(4)11(2)3/h11H,6-10H2,1-5H3. The third-order valence-electron chi connectivity index (χ3n) is 4.08. The van der Waals surface area contributed by atoms with Gasteiger partial charge in [0.25, 0.3) is 0 Å². The molecule has 2 aromatic rings. The second-order valence-electron chi connectivity index (χ2n) is 5.79. The Kier molecular flexibility index (Phi) is 5.27. The number of aryl methyl sites for hydroxylation is 3. The van der Waals surface area contributed by atoms with E-state index in [0.717, 1.165) is 48.6 Å². The highest BCUT2D eigenvalue weighted by Gasteiger charge is 2.18. The number of halogens is 1. The van der Waals surface area contributed by atoms with Crippen LogP contribution in [-0.2, 0) is 26.4 Å². The fourth-order valence-electron chi connectivity index (χ4n) is 2.55. The molecule has 0 spiro atoms. The van der Waals surface area contributed by atoms with E-state index >= 15 is 0 Å². The minimum absolute atomic E-state index is 0.540. The second-order valence-corrected chi connectivity index (χ2v) is 6.17. The SMILES string of the molecule is CCc1nn(C)c2c1nc(CCCl)n2CCN(C)C(C)C. The molecule has 0 N–H and O–H groups in total. The van der Waals surface area contributed by atoms with Crippen molar-refractivity contribution in [2.75, 3.05) is 19.5 Å². The summed E-state index contributed by atoms with van der Waals surface area (Å²) in [6.45, 7) is 8.45. The molecule has 2 aromatic heterocycles. The molecule has 0 fully saturated rings. The van der Waals surface area contributed by atoms with Crippen LogP contribution in [0.1, 0.15) is 32.3 Å². The van der Waals surface area contributed by atoms with Crippen LogP contribution in [0.15, 0.2) is 0 Å². The van der Waals surface area contributed by atoms with Gasteiger partial charge in [-0.1, -0.05) is 6.92 Å². The maximum absolute atomic E-state index is 5.94. The lowest BCUT2D eigenvalue weighted by molar-refractivity contribution is 0.262. The van der Waals surface area contributed by atoms with Crippen molar-refractivity contribution >= 4 is 22.8 Å². The van der Waals surface area contributed by atoms with E-state index in [0.29, 0.717) is 11.9 Å². The lowest BCUT2D eigenvalue weighted by Crippen LogP contribution is -2.30. The molecule has 0 aliphatic rings. The highest BCUT2D eigenvalue weighted by molar-refractivity contribution is 6.17. The summed E-state index contributed by atoms with van der Waals surface area (Å²) in [5.41, 5.74) is 3.22. The number of nitrogens with zero attached hydrogens (tertiary/aromatic N) is 5. The monoisotopic (exact) mass is 311 g/mol. The lowest BCUT2D eigenvalue weighted by Gasteiger charge is -2.21. The van der Waals surface area contributed by atoms with Crippen molar-refractivity contribution in [2.45, 2.75) is 46.2 Å². The summed E-state index contributed by atoms with van der Waals surface area (Å²) in [5, 5.41) is 4.58. The number of fused-ring (bicyclic) bond motifs is 1. The van der Waals surface area contributed by atoms with E-state index in [-0.39, 0.29) is 0 Å². The zero-order chi connectivity index (χ0) is 15.6. The van der Waals surface area contributed by atoms with Gasteiger partial charge >= 0.3 is 0 Å². The van der Waals surface area contributed by atoms with Gasteiger partial charge < -0.3 is 9.47 Å². The first kappa shape index (κ1) is 16.3. The van der Waals surface area contributed by atoms with E-state index in [9.17, 15) is 0 Å². The molecule has 0 aromatic carbocycles. The normalized spacial score (nSPS) is 12.2. The average molecular weight is 312 g/mol. The average Bonchev–Trinajstić information content (AvgIpc) is 2.94. The Morgan fingerprint density at radius 3 is 2.62 bits per heavy atom. The van der Waals surface area contributed by atoms with Crippen LogP contribution in [0.5, 0.6) is 0 Å². The molecule has 5 nitrogen and oxygen atoms in total. The molecule has 0 saturated carbocycles. The number of likely N-dealkylation sites (N-methyl/N-ethyl adjacent to an activating group) is 1. The maximum atomic E-state index is 5.94. The fraction of sp³-hybridized carbons (Fsp3) is 0.733. The Morgan fingerprint density at radius 2 is 2.05 bits per heavy atom. The van der Waals surface area contributed by atoms with E-state index in [2.05, 4.69) is 42.4 Å². The van der Waals surface area contributed by atoms with Gasteiger partial charge in [0.05, 0.1) is 5.69 Å².